The quantitative estimate of drug-likeness (QED) is 0.870. The van der Waals surface area contributed by atoms with Crippen LogP contribution in [0.25, 0.3) is 0 Å². The van der Waals surface area contributed by atoms with Crippen molar-refractivity contribution in [2.45, 2.75) is 20.3 Å². The second-order valence-electron chi connectivity index (χ2n) is 4.31. The van der Waals surface area contributed by atoms with E-state index in [-0.39, 0.29) is 0 Å². The van der Waals surface area contributed by atoms with Crippen LogP contribution in [0.15, 0.2) is 35.1 Å². The van der Waals surface area contributed by atoms with E-state index in [2.05, 4.69) is 56.4 Å². The maximum absolute atomic E-state index is 4.46. The highest BCUT2D eigenvalue weighted by Crippen LogP contribution is 2.22. The lowest BCUT2D eigenvalue weighted by Crippen LogP contribution is -2.04. The summed E-state index contributed by atoms with van der Waals surface area (Å²) >= 11 is 3.49. The average Bonchev–Trinajstić information content (AvgIpc) is 2.41. The predicted octanol–water partition coefficient (Wildman–Crippen LogP) is 4.11. The molecule has 0 spiro atoms. The van der Waals surface area contributed by atoms with Crippen molar-refractivity contribution in [1.29, 1.82) is 0 Å². The molecule has 5 heteroatoms. The molecule has 0 saturated carbocycles. The zero-order valence-electron chi connectivity index (χ0n) is 11.1. The fourth-order valence-corrected chi connectivity index (χ4v) is 1.88. The number of aryl methyl sites for hydroxylation is 1. The highest BCUT2D eigenvalue weighted by molar-refractivity contribution is 9.10. The first-order chi connectivity index (χ1) is 9.19. The Morgan fingerprint density at radius 3 is 2.74 bits per heavy atom. The first-order valence-electron chi connectivity index (χ1n) is 6.28. The van der Waals surface area contributed by atoms with E-state index in [4.69, 9.17) is 0 Å². The summed E-state index contributed by atoms with van der Waals surface area (Å²) in [5.41, 5.74) is 2.18. The van der Waals surface area contributed by atoms with Gasteiger partial charge in [0.05, 0.1) is 12.4 Å². The van der Waals surface area contributed by atoms with E-state index in [9.17, 15) is 0 Å². The molecule has 0 radical (unpaired) electrons. The van der Waals surface area contributed by atoms with E-state index in [0.29, 0.717) is 0 Å². The fraction of sp³-hybridized carbons (Fsp3) is 0.286. The van der Waals surface area contributed by atoms with E-state index in [1.807, 2.05) is 12.1 Å². The van der Waals surface area contributed by atoms with Gasteiger partial charge < -0.3 is 10.6 Å². The van der Waals surface area contributed by atoms with Crippen LogP contribution in [0, 0.1) is 6.92 Å². The molecular weight excluding hydrogens is 304 g/mol. The van der Waals surface area contributed by atoms with Gasteiger partial charge in [0.1, 0.15) is 5.82 Å². The van der Waals surface area contributed by atoms with Crippen molar-refractivity contribution >= 4 is 33.3 Å². The molecule has 0 atom stereocenters. The van der Waals surface area contributed by atoms with Crippen LogP contribution >= 0.6 is 15.9 Å². The fourth-order valence-electron chi connectivity index (χ4n) is 1.63. The molecule has 4 nitrogen and oxygen atoms in total. The summed E-state index contributed by atoms with van der Waals surface area (Å²) in [6, 6.07) is 6.09. The van der Waals surface area contributed by atoms with E-state index in [0.717, 1.165) is 34.8 Å². The number of rotatable bonds is 5. The number of hydrogen-bond acceptors (Lipinski definition) is 4. The Bertz CT molecular complexity index is 557. The van der Waals surface area contributed by atoms with Crippen LogP contribution in [0.2, 0.25) is 0 Å². The number of benzene rings is 1. The molecule has 0 aliphatic carbocycles. The van der Waals surface area contributed by atoms with Crippen molar-refractivity contribution < 1.29 is 0 Å². The van der Waals surface area contributed by atoms with Crippen LogP contribution in [-0.4, -0.2) is 16.5 Å². The molecule has 2 N–H and O–H groups in total. The largest absolute Gasteiger partial charge is 0.369 e. The summed E-state index contributed by atoms with van der Waals surface area (Å²) in [6.07, 6.45) is 4.51. The Kier molecular flexibility index (Phi) is 4.74. The van der Waals surface area contributed by atoms with Crippen molar-refractivity contribution in [3.63, 3.8) is 0 Å². The normalized spacial score (nSPS) is 10.3. The van der Waals surface area contributed by atoms with E-state index < -0.39 is 0 Å². The third-order valence-corrected chi connectivity index (χ3v) is 3.51. The standard InChI is InChI=1S/C14H17BrN4/c1-3-6-17-13-8-16-9-14(19-13)18-11-4-5-12(15)10(2)7-11/h4-5,7-9H,3,6H2,1-2H3,(H2,17,18,19). The number of nitrogens with zero attached hydrogens (tertiary/aromatic N) is 2. The maximum Gasteiger partial charge on any atom is 0.151 e. The van der Waals surface area contributed by atoms with Crippen molar-refractivity contribution in [3.05, 3.63) is 40.6 Å². The van der Waals surface area contributed by atoms with Gasteiger partial charge in [0.25, 0.3) is 0 Å². The molecule has 0 fully saturated rings. The second-order valence-corrected chi connectivity index (χ2v) is 5.16. The number of halogens is 1. The Morgan fingerprint density at radius 2 is 2.00 bits per heavy atom. The van der Waals surface area contributed by atoms with Crippen molar-refractivity contribution in [3.8, 4) is 0 Å². The molecule has 0 bridgehead atoms. The van der Waals surface area contributed by atoms with Gasteiger partial charge in [0.2, 0.25) is 0 Å². The third kappa shape index (κ3) is 3.92. The Hall–Kier alpha value is -1.62. The van der Waals surface area contributed by atoms with Crippen LogP contribution in [0.3, 0.4) is 0 Å². The molecule has 1 heterocycles. The zero-order valence-corrected chi connectivity index (χ0v) is 12.7. The smallest absolute Gasteiger partial charge is 0.151 e. The molecule has 0 unspecified atom stereocenters. The number of anilines is 3. The molecule has 1 aromatic carbocycles. The minimum absolute atomic E-state index is 0.739. The van der Waals surface area contributed by atoms with Gasteiger partial charge in [0, 0.05) is 16.7 Å². The Morgan fingerprint density at radius 1 is 1.21 bits per heavy atom. The van der Waals surface area contributed by atoms with Crippen LogP contribution in [0.1, 0.15) is 18.9 Å². The second kappa shape index (κ2) is 6.52. The molecule has 19 heavy (non-hydrogen) atoms. The van der Waals surface area contributed by atoms with Crippen LogP contribution in [0.4, 0.5) is 17.3 Å². The number of hydrogen-bond donors (Lipinski definition) is 2. The van der Waals surface area contributed by atoms with Gasteiger partial charge in [-0.1, -0.05) is 22.9 Å². The minimum atomic E-state index is 0.739. The zero-order chi connectivity index (χ0) is 13.7. The van der Waals surface area contributed by atoms with Gasteiger partial charge in [-0.15, -0.1) is 0 Å². The van der Waals surface area contributed by atoms with Gasteiger partial charge in [-0.25, -0.2) is 4.98 Å². The third-order valence-electron chi connectivity index (χ3n) is 2.62. The molecule has 0 aliphatic heterocycles. The van der Waals surface area contributed by atoms with Crippen LogP contribution in [0.5, 0.6) is 0 Å². The van der Waals surface area contributed by atoms with Crippen LogP contribution in [-0.2, 0) is 0 Å². The van der Waals surface area contributed by atoms with Crippen molar-refractivity contribution in [2.75, 3.05) is 17.2 Å². The molecule has 100 valence electrons. The first-order valence-corrected chi connectivity index (χ1v) is 7.07. The predicted molar refractivity (Wildman–Crippen MR) is 83.0 cm³/mol. The lowest BCUT2D eigenvalue weighted by atomic mass is 10.2. The SMILES string of the molecule is CCCNc1cncc(Nc2ccc(Br)c(C)c2)n1. The lowest BCUT2D eigenvalue weighted by molar-refractivity contribution is 0.965. The summed E-state index contributed by atoms with van der Waals surface area (Å²) in [5, 5.41) is 6.47. The maximum atomic E-state index is 4.46. The van der Waals surface area contributed by atoms with Gasteiger partial charge >= 0.3 is 0 Å². The number of aromatic nitrogens is 2. The first kappa shape index (κ1) is 13.8. The lowest BCUT2D eigenvalue weighted by Gasteiger charge is -2.09. The number of nitrogens with one attached hydrogen (secondary N) is 2. The van der Waals surface area contributed by atoms with Gasteiger partial charge in [0.15, 0.2) is 5.82 Å². The van der Waals surface area contributed by atoms with Crippen LogP contribution < -0.4 is 10.6 Å². The summed E-state index contributed by atoms with van der Waals surface area (Å²) in [4.78, 5) is 8.64. The topological polar surface area (TPSA) is 49.8 Å². The Balaban J connectivity index is 2.11. The van der Waals surface area contributed by atoms with Gasteiger partial charge in [-0.05, 0) is 37.1 Å². The molecule has 2 rings (SSSR count). The molecule has 0 amide bonds. The molecule has 1 aromatic heterocycles. The van der Waals surface area contributed by atoms with E-state index >= 15 is 0 Å². The van der Waals surface area contributed by atoms with E-state index in [1.165, 1.54) is 5.56 Å². The summed E-state index contributed by atoms with van der Waals surface area (Å²) in [7, 11) is 0. The summed E-state index contributed by atoms with van der Waals surface area (Å²) < 4.78 is 1.10. The molecular formula is C14H17BrN4. The van der Waals surface area contributed by atoms with Gasteiger partial charge in [-0.3, -0.25) is 4.98 Å². The summed E-state index contributed by atoms with van der Waals surface area (Å²) in [5.74, 6) is 1.53. The molecule has 0 saturated heterocycles. The molecule has 0 aliphatic rings. The van der Waals surface area contributed by atoms with Crippen molar-refractivity contribution in [1.82, 2.24) is 9.97 Å². The van der Waals surface area contributed by atoms with E-state index in [1.54, 1.807) is 12.4 Å². The molecule has 2 aromatic rings. The highest BCUT2D eigenvalue weighted by atomic mass is 79.9. The Labute approximate surface area is 121 Å². The minimum Gasteiger partial charge on any atom is -0.369 e. The monoisotopic (exact) mass is 320 g/mol. The van der Waals surface area contributed by atoms with Gasteiger partial charge in [-0.2, -0.15) is 0 Å². The average molecular weight is 321 g/mol. The summed E-state index contributed by atoms with van der Waals surface area (Å²) in [6.45, 7) is 5.07. The highest BCUT2D eigenvalue weighted by Gasteiger charge is 2.01. The van der Waals surface area contributed by atoms with Crippen molar-refractivity contribution in [2.24, 2.45) is 0 Å².